The molecule has 2 fully saturated rings. The summed E-state index contributed by atoms with van der Waals surface area (Å²) in [5.41, 5.74) is 1.15. The van der Waals surface area contributed by atoms with E-state index in [1.807, 2.05) is 17.5 Å². The Bertz CT molecular complexity index is 820. The van der Waals surface area contributed by atoms with E-state index in [-0.39, 0.29) is 24.0 Å². The SMILES string of the molecule is CCNC(=NCc1ccc(N2CCCC2)nc1)NCC1CCCN(C)C1c1cccs1.I. The number of hydrogen-bond acceptors (Lipinski definition) is 5. The lowest BCUT2D eigenvalue weighted by Gasteiger charge is -2.39. The van der Waals surface area contributed by atoms with Crippen LogP contribution in [-0.2, 0) is 6.54 Å². The van der Waals surface area contributed by atoms with Crippen LogP contribution in [-0.4, -0.2) is 55.6 Å². The number of nitrogens with zero attached hydrogens (tertiary/aromatic N) is 4. The van der Waals surface area contributed by atoms with Crippen molar-refractivity contribution in [2.24, 2.45) is 10.9 Å². The van der Waals surface area contributed by atoms with E-state index in [1.54, 1.807) is 0 Å². The van der Waals surface area contributed by atoms with Gasteiger partial charge in [0.25, 0.3) is 0 Å². The number of pyridine rings is 1. The molecule has 0 aromatic carbocycles. The van der Waals surface area contributed by atoms with Crippen molar-refractivity contribution in [1.29, 1.82) is 0 Å². The predicted molar refractivity (Wildman–Crippen MR) is 146 cm³/mol. The summed E-state index contributed by atoms with van der Waals surface area (Å²) in [6.07, 6.45) is 7.03. The van der Waals surface area contributed by atoms with Crippen LogP contribution in [0.15, 0.2) is 40.8 Å². The molecule has 2 aromatic rings. The van der Waals surface area contributed by atoms with Gasteiger partial charge in [0.15, 0.2) is 5.96 Å². The summed E-state index contributed by atoms with van der Waals surface area (Å²) in [4.78, 5) is 15.8. The van der Waals surface area contributed by atoms with Crippen molar-refractivity contribution >= 4 is 47.1 Å². The maximum Gasteiger partial charge on any atom is 0.191 e. The number of aliphatic imine (C=N–C) groups is 1. The minimum absolute atomic E-state index is 0. The topological polar surface area (TPSA) is 55.8 Å². The predicted octanol–water partition coefficient (Wildman–Crippen LogP) is 4.50. The van der Waals surface area contributed by atoms with Crippen LogP contribution in [0, 0.1) is 5.92 Å². The summed E-state index contributed by atoms with van der Waals surface area (Å²) in [6.45, 7) is 7.98. The average Bonchev–Trinajstić information content (AvgIpc) is 3.51. The third-order valence-corrected chi connectivity index (χ3v) is 7.32. The number of rotatable bonds is 7. The molecule has 8 heteroatoms. The molecule has 6 nitrogen and oxygen atoms in total. The molecule has 2 saturated heterocycles. The highest BCUT2D eigenvalue weighted by molar-refractivity contribution is 14.0. The van der Waals surface area contributed by atoms with Gasteiger partial charge in [0, 0.05) is 43.3 Å². The number of guanidine groups is 1. The molecule has 2 aliphatic rings. The molecule has 2 aromatic heterocycles. The maximum absolute atomic E-state index is 4.83. The molecule has 32 heavy (non-hydrogen) atoms. The zero-order chi connectivity index (χ0) is 21.5. The Hall–Kier alpha value is -1.39. The second-order valence-corrected chi connectivity index (χ2v) is 9.62. The second kappa shape index (κ2) is 12.7. The normalized spacial score (nSPS) is 21.9. The molecule has 0 radical (unpaired) electrons. The summed E-state index contributed by atoms with van der Waals surface area (Å²) in [7, 11) is 2.26. The van der Waals surface area contributed by atoms with Crippen LogP contribution in [0.2, 0.25) is 0 Å². The molecule has 176 valence electrons. The molecule has 2 aliphatic heterocycles. The van der Waals surface area contributed by atoms with E-state index in [4.69, 9.17) is 4.99 Å². The van der Waals surface area contributed by atoms with Crippen molar-refractivity contribution in [3.8, 4) is 0 Å². The minimum atomic E-state index is 0. The van der Waals surface area contributed by atoms with Crippen LogP contribution >= 0.6 is 35.3 Å². The van der Waals surface area contributed by atoms with E-state index in [0.717, 1.165) is 43.5 Å². The highest BCUT2D eigenvalue weighted by Crippen LogP contribution is 2.36. The molecular formula is C24H37IN6S. The number of halogens is 1. The van der Waals surface area contributed by atoms with Gasteiger partial charge in [-0.05, 0) is 75.2 Å². The molecule has 2 N–H and O–H groups in total. The van der Waals surface area contributed by atoms with Crippen molar-refractivity contribution in [3.63, 3.8) is 0 Å². The van der Waals surface area contributed by atoms with E-state index in [1.165, 1.54) is 37.1 Å². The van der Waals surface area contributed by atoms with Crippen molar-refractivity contribution in [3.05, 3.63) is 46.3 Å². The van der Waals surface area contributed by atoms with Crippen LogP contribution in [0.25, 0.3) is 0 Å². The van der Waals surface area contributed by atoms with Gasteiger partial charge in [-0.1, -0.05) is 12.1 Å². The summed E-state index contributed by atoms with van der Waals surface area (Å²) in [5.74, 6) is 2.57. The van der Waals surface area contributed by atoms with E-state index in [2.05, 4.69) is 69.0 Å². The van der Waals surface area contributed by atoms with Crippen molar-refractivity contribution < 1.29 is 0 Å². The first-order chi connectivity index (χ1) is 15.2. The van der Waals surface area contributed by atoms with Crippen molar-refractivity contribution in [2.75, 3.05) is 44.7 Å². The van der Waals surface area contributed by atoms with Gasteiger partial charge in [-0.15, -0.1) is 35.3 Å². The van der Waals surface area contributed by atoms with Gasteiger partial charge in [-0.25, -0.2) is 9.98 Å². The first-order valence-corrected chi connectivity index (χ1v) is 12.6. The van der Waals surface area contributed by atoms with Gasteiger partial charge in [0.2, 0.25) is 0 Å². The smallest absolute Gasteiger partial charge is 0.191 e. The fourth-order valence-corrected chi connectivity index (χ4v) is 5.75. The number of piperidine rings is 1. The maximum atomic E-state index is 4.83. The van der Waals surface area contributed by atoms with Crippen LogP contribution in [0.4, 0.5) is 5.82 Å². The zero-order valence-corrected chi connectivity index (χ0v) is 22.4. The Morgan fingerprint density at radius 3 is 2.69 bits per heavy atom. The minimum Gasteiger partial charge on any atom is -0.357 e. The van der Waals surface area contributed by atoms with Crippen LogP contribution < -0.4 is 15.5 Å². The number of likely N-dealkylation sites (tertiary alicyclic amines) is 1. The summed E-state index contributed by atoms with van der Waals surface area (Å²) < 4.78 is 0. The number of aromatic nitrogens is 1. The molecule has 4 rings (SSSR count). The molecule has 2 atom stereocenters. The molecular weight excluding hydrogens is 531 g/mol. The molecule has 0 saturated carbocycles. The fraction of sp³-hybridized carbons (Fsp3) is 0.583. The zero-order valence-electron chi connectivity index (χ0n) is 19.3. The largest absolute Gasteiger partial charge is 0.357 e. The van der Waals surface area contributed by atoms with Crippen LogP contribution in [0.3, 0.4) is 0 Å². The average molecular weight is 569 g/mol. The van der Waals surface area contributed by atoms with Crippen molar-refractivity contribution in [2.45, 2.75) is 45.2 Å². The van der Waals surface area contributed by atoms with E-state index >= 15 is 0 Å². The van der Waals surface area contributed by atoms with Gasteiger partial charge < -0.3 is 15.5 Å². The molecule has 0 spiro atoms. The molecule has 2 unspecified atom stereocenters. The monoisotopic (exact) mass is 568 g/mol. The van der Waals surface area contributed by atoms with Gasteiger partial charge in [-0.3, -0.25) is 4.90 Å². The quantitative estimate of drug-likeness (QED) is 0.293. The standard InChI is InChI=1S/C24H36N6S.HI/c1-3-25-24(27-17-19-10-11-22(26-16-19)30-13-4-5-14-30)28-18-20-8-6-12-29(2)23(20)21-9-7-15-31-21;/h7,9-11,15-16,20,23H,3-6,8,12-14,17-18H2,1-2H3,(H2,25,27,28);1H. The van der Waals surface area contributed by atoms with Gasteiger partial charge in [0.05, 0.1) is 6.54 Å². The summed E-state index contributed by atoms with van der Waals surface area (Å²) in [5, 5.41) is 9.22. The number of nitrogens with one attached hydrogen (secondary N) is 2. The summed E-state index contributed by atoms with van der Waals surface area (Å²) in [6, 6.07) is 9.24. The van der Waals surface area contributed by atoms with Crippen LogP contribution in [0.1, 0.15) is 49.1 Å². The Morgan fingerprint density at radius 1 is 1.16 bits per heavy atom. The third kappa shape index (κ3) is 6.57. The van der Waals surface area contributed by atoms with Gasteiger partial charge in [-0.2, -0.15) is 0 Å². The Kier molecular flexibility index (Phi) is 10.1. The van der Waals surface area contributed by atoms with Crippen LogP contribution in [0.5, 0.6) is 0 Å². The van der Waals surface area contributed by atoms with Gasteiger partial charge >= 0.3 is 0 Å². The highest BCUT2D eigenvalue weighted by atomic mass is 127. The number of anilines is 1. The lowest BCUT2D eigenvalue weighted by molar-refractivity contribution is 0.125. The lowest BCUT2D eigenvalue weighted by atomic mass is 9.88. The first kappa shape index (κ1) is 25.2. The Labute approximate surface area is 213 Å². The Morgan fingerprint density at radius 2 is 2.00 bits per heavy atom. The lowest BCUT2D eigenvalue weighted by Crippen LogP contribution is -2.44. The molecule has 0 amide bonds. The molecule has 0 bridgehead atoms. The number of hydrogen-bond donors (Lipinski definition) is 2. The van der Waals surface area contributed by atoms with Gasteiger partial charge in [0.1, 0.15) is 5.82 Å². The summed E-state index contributed by atoms with van der Waals surface area (Å²) >= 11 is 1.87. The van der Waals surface area contributed by atoms with Crippen molar-refractivity contribution in [1.82, 2.24) is 20.5 Å². The van der Waals surface area contributed by atoms with E-state index in [9.17, 15) is 0 Å². The molecule has 0 aliphatic carbocycles. The highest BCUT2D eigenvalue weighted by Gasteiger charge is 2.31. The molecule has 4 heterocycles. The second-order valence-electron chi connectivity index (χ2n) is 8.64. The number of thiophene rings is 1. The Balaban J connectivity index is 0.00000289. The van der Waals surface area contributed by atoms with E-state index < -0.39 is 0 Å². The third-order valence-electron chi connectivity index (χ3n) is 6.38. The fourth-order valence-electron chi connectivity index (χ4n) is 4.77. The first-order valence-electron chi connectivity index (χ1n) is 11.7. The van der Waals surface area contributed by atoms with E-state index in [0.29, 0.717) is 18.5 Å².